The topological polar surface area (TPSA) is 75.7 Å². The van der Waals surface area contributed by atoms with Gasteiger partial charge in [0.25, 0.3) is 5.91 Å². The monoisotopic (exact) mass is 332 g/mol. The van der Waals surface area contributed by atoms with Gasteiger partial charge in [-0.15, -0.1) is 0 Å². The number of rotatable bonds is 6. The van der Waals surface area contributed by atoms with Crippen molar-refractivity contribution in [1.29, 1.82) is 0 Å². The molecule has 2 rings (SSSR count). The first kappa shape index (κ1) is 18.0. The molecule has 0 aliphatic carbocycles. The Morgan fingerprint density at radius 1 is 1.29 bits per heavy atom. The number of nitrogens with zero attached hydrogens (tertiary/aromatic N) is 1. The molecular formula is C18H24N2O4. The van der Waals surface area contributed by atoms with E-state index in [1.807, 2.05) is 37.3 Å². The van der Waals surface area contributed by atoms with Crippen molar-refractivity contribution in [1.82, 2.24) is 10.2 Å². The van der Waals surface area contributed by atoms with E-state index in [0.29, 0.717) is 13.1 Å². The number of benzene rings is 1. The Labute approximate surface area is 142 Å². The fourth-order valence-corrected chi connectivity index (χ4v) is 2.82. The predicted molar refractivity (Wildman–Crippen MR) is 88.9 cm³/mol. The fourth-order valence-electron chi connectivity index (χ4n) is 2.82. The summed E-state index contributed by atoms with van der Waals surface area (Å²) in [4.78, 5) is 37.8. The number of carbonyl (C=O) groups excluding carboxylic acids is 3. The van der Waals surface area contributed by atoms with E-state index in [2.05, 4.69) is 5.32 Å². The molecule has 1 N–H and O–H groups in total. The third kappa shape index (κ3) is 4.13. The number of esters is 1. The van der Waals surface area contributed by atoms with Crippen LogP contribution in [0.5, 0.6) is 0 Å². The molecule has 0 aromatic heterocycles. The van der Waals surface area contributed by atoms with Crippen LogP contribution in [0.4, 0.5) is 0 Å². The number of ether oxygens (including phenoxy) is 1. The van der Waals surface area contributed by atoms with E-state index in [0.717, 1.165) is 5.56 Å². The highest BCUT2D eigenvalue weighted by Gasteiger charge is 2.38. The van der Waals surface area contributed by atoms with Crippen LogP contribution in [-0.2, 0) is 19.1 Å². The van der Waals surface area contributed by atoms with Crippen LogP contribution in [0.1, 0.15) is 38.8 Å². The smallest absolute Gasteiger partial charge is 0.312 e. The minimum absolute atomic E-state index is 0.0704. The largest absolute Gasteiger partial charge is 0.452 e. The van der Waals surface area contributed by atoms with Crippen LogP contribution in [0.15, 0.2) is 30.3 Å². The van der Waals surface area contributed by atoms with Gasteiger partial charge < -0.3 is 15.0 Å². The van der Waals surface area contributed by atoms with Gasteiger partial charge in [0, 0.05) is 19.5 Å². The first-order valence-electron chi connectivity index (χ1n) is 8.26. The van der Waals surface area contributed by atoms with Crippen LogP contribution in [-0.4, -0.2) is 41.9 Å². The lowest BCUT2D eigenvalue weighted by atomic mass is 10.1. The SMILES string of the molecule is CCNC(=O)[C@H](C)OC(=O)[C@@H]1CC(=O)N([C@@H](C)c2ccccc2)C1. The lowest BCUT2D eigenvalue weighted by molar-refractivity contribution is -0.158. The second-order valence-electron chi connectivity index (χ2n) is 6.01. The molecule has 0 spiro atoms. The van der Waals surface area contributed by atoms with E-state index in [1.165, 1.54) is 6.92 Å². The van der Waals surface area contributed by atoms with Gasteiger partial charge in [-0.1, -0.05) is 30.3 Å². The Bertz CT molecular complexity index is 602. The minimum atomic E-state index is -0.854. The molecule has 130 valence electrons. The highest BCUT2D eigenvalue weighted by molar-refractivity contribution is 5.89. The maximum Gasteiger partial charge on any atom is 0.312 e. The Kier molecular flexibility index (Phi) is 5.95. The summed E-state index contributed by atoms with van der Waals surface area (Å²) in [7, 11) is 0. The zero-order valence-electron chi connectivity index (χ0n) is 14.3. The predicted octanol–water partition coefficient (Wildman–Crippen LogP) is 1.66. The van der Waals surface area contributed by atoms with Crippen LogP contribution in [0.2, 0.25) is 0 Å². The summed E-state index contributed by atoms with van der Waals surface area (Å²) in [5.41, 5.74) is 1.02. The average Bonchev–Trinajstić information content (AvgIpc) is 2.97. The maximum atomic E-state index is 12.3. The number of hydrogen-bond acceptors (Lipinski definition) is 4. The van der Waals surface area contributed by atoms with E-state index in [-0.39, 0.29) is 24.3 Å². The summed E-state index contributed by atoms with van der Waals surface area (Å²) >= 11 is 0. The summed E-state index contributed by atoms with van der Waals surface area (Å²) in [6, 6.07) is 9.59. The molecule has 3 atom stereocenters. The number of likely N-dealkylation sites (N-methyl/N-ethyl adjacent to an activating group) is 1. The van der Waals surface area contributed by atoms with Crippen molar-refractivity contribution in [2.45, 2.75) is 39.3 Å². The number of hydrogen-bond donors (Lipinski definition) is 1. The molecule has 6 heteroatoms. The third-order valence-corrected chi connectivity index (χ3v) is 4.25. The quantitative estimate of drug-likeness (QED) is 0.804. The van der Waals surface area contributed by atoms with Gasteiger partial charge in [-0.25, -0.2) is 0 Å². The van der Waals surface area contributed by atoms with Crippen molar-refractivity contribution in [3.05, 3.63) is 35.9 Å². The molecule has 1 aliphatic heterocycles. The van der Waals surface area contributed by atoms with Crippen molar-refractivity contribution < 1.29 is 19.1 Å². The Balaban J connectivity index is 1.96. The van der Waals surface area contributed by atoms with Crippen molar-refractivity contribution in [3.8, 4) is 0 Å². The van der Waals surface area contributed by atoms with Crippen LogP contribution >= 0.6 is 0 Å². The van der Waals surface area contributed by atoms with Gasteiger partial charge in [0.1, 0.15) is 0 Å². The fraction of sp³-hybridized carbons (Fsp3) is 0.500. The number of amides is 2. The molecule has 6 nitrogen and oxygen atoms in total. The van der Waals surface area contributed by atoms with Gasteiger partial charge in [0.15, 0.2) is 6.10 Å². The Morgan fingerprint density at radius 3 is 2.58 bits per heavy atom. The van der Waals surface area contributed by atoms with Gasteiger partial charge in [-0.2, -0.15) is 0 Å². The van der Waals surface area contributed by atoms with Gasteiger partial charge in [-0.05, 0) is 26.3 Å². The zero-order chi connectivity index (χ0) is 17.7. The summed E-state index contributed by atoms with van der Waals surface area (Å²) in [5.74, 6) is -1.42. The molecule has 24 heavy (non-hydrogen) atoms. The van der Waals surface area contributed by atoms with Crippen molar-refractivity contribution >= 4 is 17.8 Å². The molecule has 0 saturated carbocycles. The summed E-state index contributed by atoms with van der Waals surface area (Å²) in [6.45, 7) is 6.06. The molecule has 1 aromatic carbocycles. The molecule has 1 aliphatic rings. The Hall–Kier alpha value is -2.37. The molecule has 0 radical (unpaired) electrons. The summed E-state index contributed by atoms with van der Waals surface area (Å²) < 4.78 is 5.20. The van der Waals surface area contributed by atoms with Gasteiger partial charge >= 0.3 is 5.97 Å². The highest BCUT2D eigenvalue weighted by Crippen LogP contribution is 2.29. The van der Waals surface area contributed by atoms with Crippen LogP contribution < -0.4 is 5.32 Å². The number of likely N-dealkylation sites (tertiary alicyclic amines) is 1. The van der Waals surface area contributed by atoms with Crippen molar-refractivity contribution in [2.75, 3.05) is 13.1 Å². The molecule has 1 heterocycles. The normalized spacial score (nSPS) is 19.7. The average molecular weight is 332 g/mol. The lowest BCUT2D eigenvalue weighted by Crippen LogP contribution is -2.37. The Morgan fingerprint density at radius 2 is 1.96 bits per heavy atom. The van der Waals surface area contributed by atoms with Crippen LogP contribution in [0.3, 0.4) is 0 Å². The molecular weight excluding hydrogens is 308 g/mol. The van der Waals surface area contributed by atoms with Gasteiger partial charge in [0.2, 0.25) is 5.91 Å². The zero-order valence-corrected chi connectivity index (χ0v) is 14.3. The molecule has 1 aromatic rings. The van der Waals surface area contributed by atoms with Crippen LogP contribution in [0.25, 0.3) is 0 Å². The molecule has 0 unspecified atom stereocenters. The van der Waals surface area contributed by atoms with E-state index in [9.17, 15) is 14.4 Å². The lowest BCUT2D eigenvalue weighted by Gasteiger charge is -2.25. The molecule has 2 amide bonds. The number of carbonyl (C=O) groups is 3. The highest BCUT2D eigenvalue weighted by atomic mass is 16.5. The molecule has 1 fully saturated rings. The molecule has 0 bridgehead atoms. The third-order valence-electron chi connectivity index (χ3n) is 4.25. The van der Waals surface area contributed by atoms with E-state index in [1.54, 1.807) is 11.8 Å². The number of nitrogens with one attached hydrogen (secondary N) is 1. The van der Waals surface area contributed by atoms with E-state index >= 15 is 0 Å². The van der Waals surface area contributed by atoms with Gasteiger partial charge in [0.05, 0.1) is 12.0 Å². The molecule has 1 saturated heterocycles. The maximum absolute atomic E-state index is 12.3. The van der Waals surface area contributed by atoms with E-state index in [4.69, 9.17) is 4.74 Å². The summed E-state index contributed by atoms with van der Waals surface area (Å²) in [5, 5.41) is 2.61. The van der Waals surface area contributed by atoms with E-state index < -0.39 is 18.0 Å². The first-order chi connectivity index (χ1) is 11.4. The van der Waals surface area contributed by atoms with Crippen molar-refractivity contribution in [2.24, 2.45) is 5.92 Å². The van der Waals surface area contributed by atoms with Crippen LogP contribution in [0, 0.1) is 5.92 Å². The second-order valence-corrected chi connectivity index (χ2v) is 6.01. The standard InChI is InChI=1S/C18H24N2O4/c1-4-19-17(22)13(3)24-18(23)15-10-16(21)20(11-15)12(2)14-8-6-5-7-9-14/h5-9,12-13,15H,4,10-11H2,1-3H3,(H,19,22)/t12-,13-,15+/m0/s1. The van der Waals surface area contributed by atoms with Gasteiger partial charge in [-0.3, -0.25) is 14.4 Å². The summed E-state index contributed by atoms with van der Waals surface area (Å²) in [6.07, 6.45) is -0.730. The second kappa shape index (κ2) is 7.95. The first-order valence-corrected chi connectivity index (χ1v) is 8.26. The minimum Gasteiger partial charge on any atom is -0.452 e. The van der Waals surface area contributed by atoms with Crippen molar-refractivity contribution in [3.63, 3.8) is 0 Å².